The van der Waals surface area contributed by atoms with Gasteiger partial charge in [0.25, 0.3) is 0 Å². The summed E-state index contributed by atoms with van der Waals surface area (Å²) in [5.74, 6) is -0.0747. The van der Waals surface area contributed by atoms with Gasteiger partial charge in [-0.2, -0.15) is 15.0 Å². The van der Waals surface area contributed by atoms with Gasteiger partial charge in [0.05, 0.1) is 18.4 Å². The van der Waals surface area contributed by atoms with Crippen molar-refractivity contribution < 1.29 is 9.18 Å². The number of hydrogen-bond donors (Lipinski definition) is 0. The second-order valence-electron chi connectivity index (χ2n) is 6.75. The topological polar surface area (TPSA) is 51.0 Å². The van der Waals surface area contributed by atoms with E-state index in [0.717, 1.165) is 25.7 Å². The van der Waals surface area contributed by atoms with Gasteiger partial charge in [0, 0.05) is 18.5 Å². The first kappa shape index (κ1) is 15.3. The number of carbonyl (C=O) groups excluding carboxylic acids is 1. The molecule has 6 heteroatoms. The number of hydrogen-bond acceptors (Lipinski definition) is 3. The van der Waals surface area contributed by atoms with Gasteiger partial charge in [0.2, 0.25) is 5.91 Å². The second-order valence-corrected chi connectivity index (χ2v) is 6.75. The van der Waals surface area contributed by atoms with Crippen LogP contribution in [0.5, 0.6) is 0 Å². The molecule has 126 valence electrons. The number of nitrogens with zero attached hydrogens (tertiary/aromatic N) is 4. The molecule has 2 unspecified atom stereocenters. The number of fused-ring (bicyclic) bond motifs is 2. The fraction of sp³-hybridized carbons (Fsp3) is 0.500. The minimum absolute atomic E-state index is 0.151. The molecule has 0 spiro atoms. The fourth-order valence-electron chi connectivity index (χ4n) is 4.23. The van der Waals surface area contributed by atoms with Crippen molar-refractivity contribution in [3.05, 3.63) is 48.0 Å². The van der Waals surface area contributed by atoms with Crippen molar-refractivity contribution in [1.82, 2.24) is 19.9 Å². The van der Waals surface area contributed by atoms with Gasteiger partial charge in [-0.15, -0.1) is 0 Å². The molecule has 0 radical (unpaired) electrons. The third-order valence-electron chi connectivity index (χ3n) is 5.33. The zero-order chi connectivity index (χ0) is 16.5. The first-order valence-corrected chi connectivity index (χ1v) is 8.62. The highest BCUT2D eigenvalue weighted by atomic mass is 19.1. The summed E-state index contributed by atoms with van der Waals surface area (Å²) in [7, 11) is 0. The lowest BCUT2D eigenvalue weighted by Crippen LogP contribution is -2.47. The Morgan fingerprint density at radius 3 is 2.42 bits per heavy atom. The van der Waals surface area contributed by atoms with Crippen LogP contribution in [0.15, 0.2) is 36.7 Å². The first-order valence-electron chi connectivity index (χ1n) is 8.62. The maximum atomic E-state index is 13.7. The average Bonchev–Trinajstić information content (AvgIpc) is 3.21. The zero-order valence-corrected chi connectivity index (χ0v) is 13.5. The number of rotatable bonds is 4. The maximum absolute atomic E-state index is 13.7. The van der Waals surface area contributed by atoms with Gasteiger partial charge < -0.3 is 4.90 Å². The molecule has 2 aliphatic rings. The molecule has 2 aromatic rings. The monoisotopic (exact) mass is 328 g/mol. The maximum Gasteiger partial charge on any atom is 0.223 e. The Kier molecular flexibility index (Phi) is 4.04. The predicted molar refractivity (Wildman–Crippen MR) is 86.7 cm³/mol. The molecule has 2 bridgehead atoms. The van der Waals surface area contributed by atoms with E-state index in [0.29, 0.717) is 18.4 Å². The molecule has 0 N–H and O–H groups in total. The van der Waals surface area contributed by atoms with Gasteiger partial charge >= 0.3 is 0 Å². The number of benzene rings is 1. The van der Waals surface area contributed by atoms with Crippen molar-refractivity contribution in [2.45, 2.75) is 56.7 Å². The average molecular weight is 328 g/mol. The van der Waals surface area contributed by atoms with Crippen LogP contribution in [0.1, 0.15) is 43.7 Å². The van der Waals surface area contributed by atoms with Gasteiger partial charge in [-0.1, -0.05) is 18.2 Å². The Morgan fingerprint density at radius 2 is 1.75 bits per heavy atom. The highest BCUT2D eigenvalue weighted by Crippen LogP contribution is 2.40. The summed E-state index contributed by atoms with van der Waals surface area (Å²) in [5, 5.41) is 8.51. The molecule has 3 heterocycles. The van der Waals surface area contributed by atoms with Crippen LogP contribution in [0, 0.1) is 5.82 Å². The lowest BCUT2D eigenvalue weighted by atomic mass is 9.97. The van der Waals surface area contributed by atoms with Crippen LogP contribution in [0.25, 0.3) is 0 Å². The fourth-order valence-corrected chi connectivity index (χ4v) is 4.23. The molecule has 5 nitrogen and oxygen atoms in total. The van der Waals surface area contributed by atoms with Crippen molar-refractivity contribution in [2.75, 3.05) is 0 Å². The van der Waals surface area contributed by atoms with Gasteiger partial charge in [0.1, 0.15) is 5.82 Å². The highest BCUT2D eigenvalue weighted by Gasteiger charge is 2.43. The minimum Gasteiger partial charge on any atom is -0.337 e. The summed E-state index contributed by atoms with van der Waals surface area (Å²) >= 11 is 0. The number of carbonyl (C=O) groups is 1. The Labute approximate surface area is 140 Å². The van der Waals surface area contributed by atoms with Crippen molar-refractivity contribution in [3.8, 4) is 0 Å². The Hall–Kier alpha value is -2.24. The van der Waals surface area contributed by atoms with Crippen LogP contribution in [-0.2, 0) is 11.2 Å². The van der Waals surface area contributed by atoms with Gasteiger partial charge in [-0.3, -0.25) is 4.79 Å². The van der Waals surface area contributed by atoms with Gasteiger partial charge in [-0.25, -0.2) is 4.39 Å². The van der Waals surface area contributed by atoms with E-state index in [2.05, 4.69) is 15.1 Å². The number of piperidine rings is 1. The van der Waals surface area contributed by atoms with Crippen molar-refractivity contribution in [3.63, 3.8) is 0 Å². The molecule has 24 heavy (non-hydrogen) atoms. The molecular formula is C18H21FN4O. The summed E-state index contributed by atoms with van der Waals surface area (Å²) in [6.45, 7) is 0. The lowest BCUT2D eigenvalue weighted by Gasteiger charge is -2.38. The third kappa shape index (κ3) is 2.81. The Morgan fingerprint density at radius 1 is 1.08 bits per heavy atom. The number of halogens is 1. The van der Waals surface area contributed by atoms with E-state index in [9.17, 15) is 9.18 Å². The van der Waals surface area contributed by atoms with Crippen LogP contribution in [0.3, 0.4) is 0 Å². The number of amides is 1. The van der Waals surface area contributed by atoms with Gasteiger partial charge in [-0.05, 0) is 43.7 Å². The first-order chi connectivity index (χ1) is 11.7. The molecule has 2 atom stereocenters. The molecule has 0 aliphatic carbocycles. The molecule has 1 aromatic heterocycles. The quantitative estimate of drug-likeness (QED) is 0.867. The summed E-state index contributed by atoms with van der Waals surface area (Å²) < 4.78 is 13.7. The molecule has 2 fully saturated rings. The largest absolute Gasteiger partial charge is 0.337 e. The van der Waals surface area contributed by atoms with Crippen molar-refractivity contribution in [1.29, 1.82) is 0 Å². The van der Waals surface area contributed by atoms with Crippen LogP contribution in [0.4, 0.5) is 4.39 Å². The van der Waals surface area contributed by atoms with Gasteiger partial charge in [0.15, 0.2) is 0 Å². The van der Waals surface area contributed by atoms with Crippen molar-refractivity contribution in [2.24, 2.45) is 0 Å². The minimum atomic E-state index is -0.225. The molecule has 4 rings (SSSR count). The van der Waals surface area contributed by atoms with E-state index in [-0.39, 0.29) is 29.8 Å². The summed E-state index contributed by atoms with van der Waals surface area (Å²) in [6.07, 6.45) is 8.17. The summed E-state index contributed by atoms with van der Waals surface area (Å²) in [5.41, 5.74) is 0.619. The third-order valence-corrected chi connectivity index (χ3v) is 5.33. The van der Waals surface area contributed by atoms with E-state index in [1.165, 1.54) is 6.07 Å². The highest BCUT2D eigenvalue weighted by molar-refractivity contribution is 5.77. The Balaban J connectivity index is 1.40. The van der Waals surface area contributed by atoms with E-state index in [1.807, 2.05) is 6.07 Å². The smallest absolute Gasteiger partial charge is 0.223 e. The normalized spacial score (nSPS) is 25.9. The van der Waals surface area contributed by atoms with Crippen LogP contribution in [-0.4, -0.2) is 37.9 Å². The van der Waals surface area contributed by atoms with Crippen LogP contribution >= 0.6 is 0 Å². The summed E-state index contributed by atoms with van der Waals surface area (Å²) in [4.78, 5) is 16.5. The number of aryl methyl sites for hydroxylation is 1. The van der Waals surface area contributed by atoms with E-state index < -0.39 is 0 Å². The lowest BCUT2D eigenvalue weighted by molar-refractivity contribution is -0.136. The van der Waals surface area contributed by atoms with Crippen molar-refractivity contribution >= 4 is 5.91 Å². The van der Waals surface area contributed by atoms with E-state index >= 15 is 0 Å². The van der Waals surface area contributed by atoms with Crippen LogP contribution in [0.2, 0.25) is 0 Å². The molecule has 1 amide bonds. The predicted octanol–water partition coefficient (Wildman–Crippen LogP) is 2.74. The van der Waals surface area contributed by atoms with E-state index in [1.54, 1.807) is 29.3 Å². The second kappa shape index (κ2) is 6.34. The standard InChI is InChI=1S/C18H21FN4O/c19-17-4-2-1-3-13(17)5-8-18(24)22-14-6-7-15(22)12-16(11-14)23-20-9-10-21-23/h1-4,9-10,14-16H,5-8,11-12H2. The van der Waals surface area contributed by atoms with E-state index in [4.69, 9.17) is 0 Å². The molecular weight excluding hydrogens is 307 g/mol. The molecule has 0 saturated carbocycles. The number of aromatic nitrogens is 3. The SMILES string of the molecule is O=C(CCc1ccccc1F)N1C2CCC1CC(n1nccn1)C2. The zero-order valence-electron chi connectivity index (χ0n) is 13.5. The molecule has 2 aliphatic heterocycles. The van der Waals surface area contributed by atoms with Crippen LogP contribution < -0.4 is 0 Å². The molecule has 2 saturated heterocycles. The molecule has 1 aromatic carbocycles. The summed E-state index contributed by atoms with van der Waals surface area (Å²) in [6, 6.07) is 7.53. The Bertz CT molecular complexity index is 704.